The van der Waals surface area contributed by atoms with E-state index in [-0.39, 0.29) is 11.7 Å². The van der Waals surface area contributed by atoms with E-state index < -0.39 is 6.04 Å². The Balaban J connectivity index is 2.06. The number of hydrogen-bond acceptors (Lipinski definition) is 7. The van der Waals surface area contributed by atoms with E-state index in [0.29, 0.717) is 45.1 Å². The smallest absolute Gasteiger partial charge is 0.297 e. The van der Waals surface area contributed by atoms with Gasteiger partial charge in [-0.05, 0) is 11.6 Å². The van der Waals surface area contributed by atoms with Gasteiger partial charge in [0.1, 0.15) is 0 Å². The van der Waals surface area contributed by atoms with Crippen LogP contribution < -0.4 is 10.2 Å². The molecule has 2 heterocycles. The number of carbonyl (C=O) groups excluding carboxylic acids is 2. The van der Waals surface area contributed by atoms with Gasteiger partial charge in [0.25, 0.3) is 11.8 Å². The van der Waals surface area contributed by atoms with E-state index in [9.17, 15) is 9.59 Å². The largest absolute Gasteiger partial charge is 0.378 e. The maximum atomic E-state index is 12.0. The van der Waals surface area contributed by atoms with Crippen LogP contribution in [0.25, 0.3) is 0 Å². The number of Topliss-reactive ketones (excluding diaryl/α,β-unsaturated/α-hetero) is 1. The number of carbonyl (C=O) groups is 2. The molecule has 19 heavy (non-hydrogen) atoms. The third kappa shape index (κ3) is 3.08. The minimum atomic E-state index is -0.629. The summed E-state index contributed by atoms with van der Waals surface area (Å²) >= 11 is 0. The molecule has 0 radical (unpaired) electrons. The molecule has 1 atom stereocenters. The maximum absolute atomic E-state index is 12.0. The zero-order valence-electron chi connectivity index (χ0n) is 10.7. The Kier molecular flexibility index (Phi) is 4.45. The van der Waals surface area contributed by atoms with E-state index in [1.54, 1.807) is 6.92 Å². The molecule has 8 heteroatoms. The molecular weight excluding hydrogens is 252 g/mol. The first-order valence-corrected chi connectivity index (χ1v) is 6.16. The van der Waals surface area contributed by atoms with Gasteiger partial charge >= 0.3 is 0 Å². The van der Waals surface area contributed by atoms with E-state index in [1.165, 1.54) is 0 Å². The number of morpholine rings is 1. The lowest BCUT2D eigenvalue weighted by molar-refractivity contribution is -0.110. The molecule has 0 aromatic carbocycles. The molecule has 1 aromatic heterocycles. The molecule has 1 fully saturated rings. The monoisotopic (exact) mass is 268 g/mol. The minimum Gasteiger partial charge on any atom is -0.378 e. The predicted molar refractivity (Wildman–Crippen MR) is 64.9 cm³/mol. The van der Waals surface area contributed by atoms with Crippen LogP contribution in [0.2, 0.25) is 0 Å². The van der Waals surface area contributed by atoms with Crippen molar-refractivity contribution >= 4 is 18.1 Å². The number of aromatic nitrogens is 2. The molecule has 1 unspecified atom stereocenters. The number of nitrogens with zero attached hydrogens (tertiary/aromatic N) is 3. The van der Waals surface area contributed by atoms with E-state index in [0.717, 1.165) is 0 Å². The van der Waals surface area contributed by atoms with Crippen molar-refractivity contribution in [2.45, 2.75) is 19.4 Å². The average Bonchev–Trinajstić information content (AvgIpc) is 2.95. The van der Waals surface area contributed by atoms with Crippen molar-refractivity contribution in [2.24, 2.45) is 0 Å². The third-order valence-corrected chi connectivity index (χ3v) is 2.91. The van der Waals surface area contributed by atoms with Gasteiger partial charge in [0.2, 0.25) is 12.2 Å². The van der Waals surface area contributed by atoms with Crippen molar-refractivity contribution in [1.82, 2.24) is 15.5 Å². The molecule has 1 aliphatic rings. The van der Waals surface area contributed by atoms with Crippen LogP contribution in [0.3, 0.4) is 0 Å². The normalized spacial score (nSPS) is 17.0. The van der Waals surface area contributed by atoms with Crippen LogP contribution in [-0.2, 0) is 9.53 Å². The third-order valence-electron chi connectivity index (χ3n) is 2.91. The topological polar surface area (TPSA) is 97.6 Å². The number of rotatable bonds is 6. The zero-order valence-corrected chi connectivity index (χ0v) is 10.7. The number of ether oxygens (including phenoxy) is 1. The Morgan fingerprint density at radius 2 is 2.26 bits per heavy atom. The van der Waals surface area contributed by atoms with Crippen LogP contribution in [0.4, 0.5) is 5.95 Å². The lowest BCUT2D eigenvalue weighted by Crippen LogP contribution is -2.37. The summed E-state index contributed by atoms with van der Waals surface area (Å²) in [6, 6.07) is -0.629. The maximum Gasteiger partial charge on any atom is 0.297 e. The second kappa shape index (κ2) is 6.28. The highest BCUT2D eigenvalue weighted by atomic mass is 16.5. The summed E-state index contributed by atoms with van der Waals surface area (Å²) in [6.07, 6.45) is 0.957. The van der Waals surface area contributed by atoms with Crippen LogP contribution in [-0.4, -0.2) is 54.7 Å². The summed E-state index contributed by atoms with van der Waals surface area (Å²) in [4.78, 5) is 28.4. The van der Waals surface area contributed by atoms with Crippen molar-refractivity contribution in [1.29, 1.82) is 0 Å². The van der Waals surface area contributed by atoms with Gasteiger partial charge in [0.05, 0.1) is 19.3 Å². The summed E-state index contributed by atoms with van der Waals surface area (Å²) in [5.74, 6) is -0.0723. The van der Waals surface area contributed by atoms with Crippen LogP contribution in [0.5, 0.6) is 0 Å². The summed E-state index contributed by atoms with van der Waals surface area (Å²) in [5.41, 5.74) is 0. The summed E-state index contributed by atoms with van der Waals surface area (Å²) in [5, 5.41) is 6.21. The quantitative estimate of drug-likeness (QED) is 0.554. The molecule has 2 rings (SSSR count). The van der Waals surface area contributed by atoms with Gasteiger partial charge in [0, 0.05) is 13.1 Å². The van der Waals surface area contributed by atoms with Gasteiger partial charge in [-0.25, -0.2) is 0 Å². The van der Waals surface area contributed by atoms with Gasteiger partial charge in [-0.3, -0.25) is 9.59 Å². The predicted octanol–water partition coefficient (Wildman–Crippen LogP) is -0.386. The highest BCUT2D eigenvalue weighted by Gasteiger charge is 2.25. The molecule has 1 amide bonds. The molecule has 104 valence electrons. The van der Waals surface area contributed by atoms with E-state index in [4.69, 9.17) is 9.26 Å². The fourth-order valence-corrected chi connectivity index (χ4v) is 1.82. The van der Waals surface area contributed by atoms with E-state index in [1.807, 2.05) is 4.90 Å². The van der Waals surface area contributed by atoms with Gasteiger partial charge in [0.15, 0.2) is 0 Å². The van der Waals surface area contributed by atoms with Crippen LogP contribution in [0.1, 0.15) is 24.0 Å². The second-order valence-electron chi connectivity index (χ2n) is 4.11. The van der Waals surface area contributed by atoms with Crippen molar-refractivity contribution in [3.63, 3.8) is 0 Å². The highest BCUT2D eigenvalue weighted by Crippen LogP contribution is 2.13. The van der Waals surface area contributed by atoms with Crippen LogP contribution in [0, 0.1) is 0 Å². The number of nitrogens with one attached hydrogen (secondary N) is 1. The molecular formula is C11H16N4O4. The van der Waals surface area contributed by atoms with Gasteiger partial charge < -0.3 is 19.5 Å². The Bertz CT molecular complexity index is 442. The molecule has 0 spiro atoms. The Labute approximate surface area is 110 Å². The number of amides is 1. The minimum absolute atomic E-state index is 0.0808. The molecule has 0 bridgehead atoms. The van der Waals surface area contributed by atoms with Gasteiger partial charge in [-0.2, -0.15) is 4.98 Å². The molecule has 1 aliphatic heterocycles. The van der Waals surface area contributed by atoms with Crippen molar-refractivity contribution in [3.8, 4) is 0 Å². The molecule has 0 saturated carbocycles. The average molecular weight is 268 g/mol. The molecule has 1 aromatic rings. The molecule has 8 nitrogen and oxygen atoms in total. The Morgan fingerprint density at radius 3 is 2.89 bits per heavy atom. The summed E-state index contributed by atoms with van der Waals surface area (Å²) < 4.78 is 10.2. The number of ketones is 1. The molecule has 0 aliphatic carbocycles. The first kappa shape index (κ1) is 13.5. The van der Waals surface area contributed by atoms with E-state index in [2.05, 4.69) is 15.5 Å². The number of anilines is 1. The summed E-state index contributed by atoms with van der Waals surface area (Å²) in [6.45, 7) is 4.32. The van der Waals surface area contributed by atoms with Crippen molar-refractivity contribution in [2.75, 3.05) is 31.2 Å². The lowest BCUT2D eigenvalue weighted by atomic mass is 10.1. The van der Waals surface area contributed by atoms with E-state index >= 15 is 0 Å². The lowest BCUT2D eigenvalue weighted by Gasteiger charge is -2.24. The first-order chi connectivity index (χ1) is 9.26. The second-order valence-corrected chi connectivity index (χ2v) is 4.11. The van der Waals surface area contributed by atoms with Crippen LogP contribution >= 0.6 is 0 Å². The molecule has 1 N–H and O–H groups in total. The van der Waals surface area contributed by atoms with Crippen LogP contribution in [0.15, 0.2) is 4.52 Å². The Morgan fingerprint density at radius 1 is 1.53 bits per heavy atom. The van der Waals surface area contributed by atoms with Gasteiger partial charge in [-0.15, -0.1) is 0 Å². The van der Waals surface area contributed by atoms with Crippen molar-refractivity contribution in [3.05, 3.63) is 5.89 Å². The van der Waals surface area contributed by atoms with Crippen molar-refractivity contribution < 1.29 is 18.8 Å². The SMILES string of the molecule is CCC(NC=O)C(=O)c1nc(N2CCOCC2)no1. The molecule has 1 saturated heterocycles. The Hall–Kier alpha value is -1.96. The zero-order chi connectivity index (χ0) is 13.7. The first-order valence-electron chi connectivity index (χ1n) is 6.16. The fraction of sp³-hybridized carbons (Fsp3) is 0.636. The number of hydrogen-bond donors (Lipinski definition) is 1. The highest BCUT2D eigenvalue weighted by molar-refractivity contribution is 5.97. The standard InChI is InChI=1S/C11H16N4O4/c1-2-8(12-7-16)9(17)10-13-11(14-19-10)15-3-5-18-6-4-15/h7-8H,2-6H2,1H3,(H,12,16). The van der Waals surface area contributed by atoms with Gasteiger partial charge in [-0.1, -0.05) is 6.92 Å². The summed E-state index contributed by atoms with van der Waals surface area (Å²) in [7, 11) is 0. The fourth-order valence-electron chi connectivity index (χ4n) is 1.82.